The van der Waals surface area contributed by atoms with Gasteiger partial charge in [-0.2, -0.15) is 5.26 Å². The molecule has 0 aromatic carbocycles. The zero-order valence-corrected chi connectivity index (χ0v) is 16.9. The van der Waals surface area contributed by atoms with Crippen molar-refractivity contribution in [3.63, 3.8) is 0 Å². The lowest BCUT2D eigenvalue weighted by Crippen LogP contribution is -2.59. The van der Waals surface area contributed by atoms with E-state index in [1.807, 2.05) is 0 Å². The summed E-state index contributed by atoms with van der Waals surface area (Å²) in [6, 6.07) is 2.26. The maximum atomic E-state index is 12.0. The van der Waals surface area contributed by atoms with E-state index in [2.05, 4.69) is 19.9 Å². The Morgan fingerprint density at radius 2 is 2.07 bits per heavy atom. The summed E-state index contributed by atoms with van der Waals surface area (Å²) in [6.07, 6.45) is 9.65. The third-order valence-electron chi connectivity index (χ3n) is 8.95. The largest absolute Gasteiger partial charge is 0.462 e. The molecule has 4 aliphatic rings. The zero-order valence-electron chi connectivity index (χ0n) is 16.9. The Labute approximate surface area is 163 Å². The lowest BCUT2D eigenvalue weighted by molar-refractivity contribution is -0.191. The topological polar surface area (TPSA) is 70.3 Å². The van der Waals surface area contributed by atoms with Crippen LogP contribution in [0.4, 0.5) is 0 Å². The van der Waals surface area contributed by atoms with Crippen LogP contribution in [-0.2, 0) is 9.53 Å². The predicted molar refractivity (Wildman–Crippen MR) is 102 cm³/mol. The number of fused-ring (bicyclic) bond motifs is 5. The monoisotopic (exact) mass is 371 g/mol. The van der Waals surface area contributed by atoms with E-state index in [1.54, 1.807) is 6.08 Å². The summed E-state index contributed by atoms with van der Waals surface area (Å²) in [5, 5.41) is 19.5. The van der Waals surface area contributed by atoms with Crippen molar-refractivity contribution in [2.45, 2.75) is 84.3 Å². The van der Waals surface area contributed by atoms with Gasteiger partial charge in [0.05, 0.1) is 12.2 Å². The van der Waals surface area contributed by atoms with Gasteiger partial charge in [-0.05, 0) is 80.0 Å². The van der Waals surface area contributed by atoms with Gasteiger partial charge in [0.15, 0.2) is 0 Å². The van der Waals surface area contributed by atoms with E-state index in [-0.39, 0.29) is 29.0 Å². The number of rotatable bonds is 1. The van der Waals surface area contributed by atoms with Gasteiger partial charge in [-0.1, -0.05) is 19.4 Å². The molecule has 0 bridgehead atoms. The molecule has 0 aromatic rings. The molecule has 4 saturated carbocycles. The zero-order chi connectivity index (χ0) is 19.4. The summed E-state index contributed by atoms with van der Waals surface area (Å²) >= 11 is 0. The number of carbonyl (C=O) groups excluding carboxylic acids is 1. The highest BCUT2D eigenvalue weighted by Crippen LogP contribution is 2.67. The molecule has 4 nitrogen and oxygen atoms in total. The fourth-order valence-corrected chi connectivity index (χ4v) is 7.81. The second-order valence-electron chi connectivity index (χ2n) is 10.1. The number of hydrogen-bond donors (Lipinski definition) is 1. The minimum absolute atomic E-state index is 0.0195. The van der Waals surface area contributed by atoms with Gasteiger partial charge >= 0.3 is 5.97 Å². The van der Waals surface area contributed by atoms with Crippen molar-refractivity contribution in [3.05, 3.63) is 11.6 Å². The van der Waals surface area contributed by atoms with E-state index in [0.717, 1.165) is 44.9 Å². The van der Waals surface area contributed by atoms with Crippen LogP contribution in [0.2, 0.25) is 0 Å². The van der Waals surface area contributed by atoms with E-state index in [1.165, 1.54) is 18.9 Å². The summed E-state index contributed by atoms with van der Waals surface area (Å²) in [4.78, 5) is 12.0. The van der Waals surface area contributed by atoms with E-state index in [4.69, 9.17) is 4.74 Å². The Morgan fingerprint density at radius 1 is 1.30 bits per heavy atom. The lowest BCUT2D eigenvalue weighted by Gasteiger charge is -2.62. The van der Waals surface area contributed by atoms with Gasteiger partial charge in [0.1, 0.15) is 6.10 Å². The van der Waals surface area contributed by atoms with Crippen LogP contribution in [0.5, 0.6) is 0 Å². The van der Waals surface area contributed by atoms with Crippen molar-refractivity contribution >= 4 is 5.97 Å². The van der Waals surface area contributed by atoms with Gasteiger partial charge < -0.3 is 9.84 Å². The van der Waals surface area contributed by atoms with E-state index in [0.29, 0.717) is 23.7 Å². The molecule has 0 heterocycles. The molecule has 1 N–H and O–H groups in total. The first-order valence-electron chi connectivity index (χ1n) is 10.7. The number of nitrogens with zero attached hydrogens (tertiary/aromatic N) is 1. The quantitative estimate of drug-likeness (QED) is 0.548. The van der Waals surface area contributed by atoms with Crippen LogP contribution < -0.4 is 0 Å². The number of nitriles is 1. The number of aliphatic hydroxyl groups excluding tert-OH is 1. The normalized spacial score (nSPS) is 50.3. The van der Waals surface area contributed by atoms with Gasteiger partial charge in [0.25, 0.3) is 0 Å². The van der Waals surface area contributed by atoms with E-state index in [9.17, 15) is 15.2 Å². The maximum Gasteiger partial charge on any atom is 0.302 e. The first-order valence-corrected chi connectivity index (χ1v) is 10.7. The fraction of sp³-hybridized carbons (Fsp3) is 0.826. The molecule has 27 heavy (non-hydrogen) atoms. The molecule has 0 aromatic heterocycles. The molecule has 0 spiro atoms. The second kappa shape index (κ2) is 6.62. The van der Waals surface area contributed by atoms with Crippen molar-refractivity contribution in [1.82, 2.24) is 0 Å². The van der Waals surface area contributed by atoms with E-state index >= 15 is 0 Å². The minimum Gasteiger partial charge on any atom is -0.462 e. The molecular weight excluding hydrogens is 338 g/mol. The summed E-state index contributed by atoms with van der Waals surface area (Å²) in [5.74, 6) is 1.85. The summed E-state index contributed by atoms with van der Waals surface area (Å²) < 4.78 is 5.99. The van der Waals surface area contributed by atoms with E-state index < -0.39 is 0 Å². The van der Waals surface area contributed by atoms with Crippen LogP contribution in [0.15, 0.2) is 11.6 Å². The molecule has 0 radical (unpaired) electrons. The predicted octanol–water partition coefficient (Wildman–Crippen LogP) is 4.38. The Balaban J connectivity index is 1.74. The van der Waals surface area contributed by atoms with Gasteiger partial charge in [-0.3, -0.25) is 4.79 Å². The third-order valence-corrected chi connectivity index (χ3v) is 8.95. The van der Waals surface area contributed by atoms with Crippen LogP contribution in [0.25, 0.3) is 0 Å². The smallest absolute Gasteiger partial charge is 0.302 e. The number of aliphatic hydroxyl groups is 1. The van der Waals surface area contributed by atoms with Crippen molar-refractivity contribution < 1.29 is 14.6 Å². The number of carbonyl (C=O) groups is 1. The molecule has 4 aliphatic carbocycles. The summed E-state index contributed by atoms with van der Waals surface area (Å²) in [7, 11) is 0. The third kappa shape index (κ3) is 2.85. The number of hydrogen-bond acceptors (Lipinski definition) is 4. The fourth-order valence-electron chi connectivity index (χ4n) is 7.81. The van der Waals surface area contributed by atoms with Gasteiger partial charge in [-0.25, -0.2) is 0 Å². The molecule has 4 rings (SSSR count). The Kier molecular flexibility index (Phi) is 4.66. The molecular formula is C23H33NO3. The van der Waals surface area contributed by atoms with Crippen LogP contribution in [0.3, 0.4) is 0 Å². The average molecular weight is 372 g/mol. The van der Waals surface area contributed by atoms with Gasteiger partial charge in [-0.15, -0.1) is 0 Å². The summed E-state index contributed by atoms with van der Waals surface area (Å²) in [6.45, 7) is 6.23. The Morgan fingerprint density at radius 3 is 2.78 bits per heavy atom. The number of allylic oxidation sites excluding steroid dienone is 2. The number of ether oxygens (including phenoxy) is 1. The molecule has 0 amide bonds. The van der Waals surface area contributed by atoms with Crippen LogP contribution in [0.1, 0.15) is 72.1 Å². The highest BCUT2D eigenvalue weighted by Gasteiger charge is 2.63. The highest BCUT2D eigenvalue weighted by atomic mass is 16.5. The molecule has 148 valence electrons. The van der Waals surface area contributed by atoms with Crippen molar-refractivity contribution in [1.29, 1.82) is 5.26 Å². The highest BCUT2D eigenvalue weighted by molar-refractivity contribution is 5.66. The Bertz CT molecular complexity index is 694. The Hall–Kier alpha value is -1.34. The maximum absolute atomic E-state index is 12.0. The molecule has 0 unspecified atom stereocenters. The van der Waals surface area contributed by atoms with Crippen LogP contribution in [-0.4, -0.2) is 23.3 Å². The second-order valence-corrected chi connectivity index (χ2v) is 10.1. The van der Waals surface area contributed by atoms with Gasteiger partial charge in [0.2, 0.25) is 0 Å². The van der Waals surface area contributed by atoms with Crippen molar-refractivity contribution in [3.8, 4) is 6.07 Å². The molecule has 4 heteroatoms. The molecule has 0 aliphatic heterocycles. The molecule has 4 fully saturated rings. The van der Waals surface area contributed by atoms with Crippen molar-refractivity contribution in [2.75, 3.05) is 0 Å². The van der Waals surface area contributed by atoms with Crippen LogP contribution >= 0.6 is 0 Å². The van der Waals surface area contributed by atoms with Crippen molar-refractivity contribution in [2.24, 2.45) is 34.5 Å². The summed E-state index contributed by atoms with van der Waals surface area (Å²) in [5.41, 5.74) is 1.39. The average Bonchev–Trinajstić information content (AvgIpc) is 2.91. The SMILES string of the molecule is CC(=O)O[C@H]1C[C@]2(C)/C(=C\C#N)CC[C@H]2[C@@H]2CC[C@H]3C[C@H](O)CC[C@]3(C)[C@H]21. The lowest BCUT2D eigenvalue weighted by atomic mass is 9.44. The molecule has 8 atom stereocenters. The van der Waals surface area contributed by atoms with Gasteiger partial charge in [0, 0.05) is 18.9 Å². The standard InChI is InChI=1S/C23H33NO3/c1-14(25)27-20-13-23(3)15(9-11-24)5-7-19(23)18-6-4-16-12-17(26)8-10-22(16,2)21(18)20/h9,16-21,26H,4-8,10,12-13H2,1-3H3/b15-9-/t16-,17+,18-,19-,20-,21+,22-,23+/m0/s1. The first kappa shape index (κ1) is 19.0. The minimum atomic E-state index is -0.189. The number of esters is 1. The first-order chi connectivity index (χ1) is 12.8. The van der Waals surface area contributed by atoms with Crippen LogP contribution in [0, 0.1) is 45.8 Å². The molecule has 0 saturated heterocycles.